The molecule has 32 heavy (non-hydrogen) atoms. The molecule has 0 bridgehead atoms. The van der Waals surface area contributed by atoms with Crippen molar-refractivity contribution in [3.8, 4) is 0 Å². The van der Waals surface area contributed by atoms with Crippen molar-refractivity contribution < 1.29 is 17.6 Å². The summed E-state index contributed by atoms with van der Waals surface area (Å²) in [4.78, 5) is 16.6. The number of rotatable bonds is 7. The largest absolute Gasteiger partial charge is 0.314 e. The number of hydrogen-bond donors (Lipinski definition) is 0. The number of carbonyl (C=O) groups excluding carboxylic acids is 1. The minimum atomic E-state index is -3.61. The Hall–Kier alpha value is -2.29. The van der Waals surface area contributed by atoms with Crippen LogP contribution in [0.25, 0.3) is 0 Å². The molecule has 0 radical (unpaired) electrons. The van der Waals surface area contributed by atoms with Crippen molar-refractivity contribution in [2.45, 2.75) is 50.6 Å². The molecule has 1 saturated heterocycles. The lowest BCUT2D eigenvalue weighted by Gasteiger charge is -2.39. The van der Waals surface area contributed by atoms with Crippen molar-refractivity contribution in [2.75, 3.05) is 31.6 Å². The van der Waals surface area contributed by atoms with E-state index in [9.17, 15) is 17.6 Å². The fourth-order valence-electron chi connectivity index (χ4n) is 4.23. The quantitative estimate of drug-likeness (QED) is 0.631. The van der Waals surface area contributed by atoms with Crippen LogP contribution < -0.4 is 4.90 Å². The van der Waals surface area contributed by atoms with Crippen molar-refractivity contribution >= 4 is 21.6 Å². The molecule has 1 amide bonds. The minimum absolute atomic E-state index is 0.0804. The van der Waals surface area contributed by atoms with E-state index < -0.39 is 10.0 Å². The van der Waals surface area contributed by atoms with E-state index in [-0.39, 0.29) is 30.4 Å². The fraction of sp³-hybridized carbons (Fsp3) is 0.458. The molecule has 2 aromatic rings. The Morgan fingerprint density at radius 1 is 1.12 bits per heavy atom. The molecule has 8 heteroatoms. The maximum atomic E-state index is 13.4. The van der Waals surface area contributed by atoms with Crippen LogP contribution in [-0.4, -0.2) is 62.3 Å². The zero-order valence-corrected chi connectivity index (χ0v) is 20.0. The van der Waals surface area contributed by atoms with Crippen LogP contribution in [-0.2, 0) is 14.8 Å². The monoisotopic (exact) mass is 461 g/mol. The number of anilines is 1. The third kappa shape index (κ3) is 5.54. The number of nitrogens with zero attached hydrogens (tertiary/aromatic N) is 3. The second-order valence-corrected chi connectivity index (χ2v) is 10.5. The predicted octanol–water partition coefficient (Wildman–Crippen LogP) is 3.66. The topological polar surface area (TPSA) is 60.9 Å². The van der Waals surface area contributed by atoms with E-state index in [4.69, 9.17) is 0 Å². The molecule has 174 valence electrons. The van der Waals surface area contributed by atoms with Crippen molar-refractivity contribution in [3.05, 3.63) is 59.9 Å². The lowest BCUT2D eigenvalue weighted by molar-refractivity contribution is -0.119. The number of aryl methyl sites for hydroxylation is 1. The number of amides is 1. The Morgan fingerprint density at radius 3 is 2.31 bits per heavy atom. The molecule has 2 aromatic carbocycles. The zero-order chi connectivity index (χ0) is 23.5. The highest BCUT2D eigenvalue weighted by molar-refractivity contribution is 7.89. The SMILES string of the molecule is Cc1cccc(S(=O)(=O)N(C(C)C)C2CCN(CC(=O)N(C)c3ccc(F)cc3)CC2)c1. The first kappa shape index (κ1) is 24.4. The van der Waals surface area contributed by atoms with Crippen molar-refractivity contribution in [2.24, 2.45) is 0 Å². The van der Waals surface area contributed by atoms with E-state index in [1.54, 1.807) is 41.7 Å². The molecule has 0 aliphatic carbocycles. The first-order valence-corrected chi connectivity index (χ1v) is 12.4. The predicted molar refractivity (Wildman–Crippen MR) is 125 cm³/mol. The number of likely N-dealkylation sites (tertiary alicyclic amines) is 1. The minimum Gasteiger partial charge on any atom is -0.314 e. The summed E-state index contributed by atoms with van der Waals surface area (Å²) < 4.78 is 41.5. The molecule has 0 saturated carbocycles. The highest BCUT2D eigenvalue weighted by Crippen LogP contribution is 2.27. The smallest absolute Gasteiger partial charge is 0.243 e. The summed E-state index contributed by atoms with van der Waals surface area (Å²) in [6, 6.07) is 12.6. The number of halogens is 1. The molecule has 0 spiro atoms. The number of benzene rings is 2. The summed E-state index contributed by atoms with van der Waals surface area (Å²) in [5.74, 6) is -0.421. The van der Waals surface area contributed by atoms with Crippen LogP contribution in [0, 0.1) is 12.7 Å². The third-order valence-electron chi connectivity index (χ3n) is 5.94. The summed E-state index contributed by atoms with van der Waals surface area (Å²) in [5, 5.41) is 0. The Bertz CT molecular complexity index is 1030. The van der Waals surface area contributed by atoms with Gasteiger partial charge in [0.1, 0.15) is 5.82 Å². The van der Waals surface area contributed by atoms with E-state index in [2.05, 4.69) is 4.90 Å². The van der Waals surface area contributed by atoms with Gasteiger partial charge in [-0.05, 0) is 75.6 Å². The second-order valence-electron chi connectivity index (χ2n) is 8.68. The van der Waals surface area contributed by atoms with Gasteiger partial charge in [-0.25, -0.2) is 12.8 Å². The van der Waals surface area contributed by atoms with Crippen molar-refractivity contribution in [3.63, 3.8) is 0 Å². The van der Waals surface area contributed by atoms with Crippen LogP contribution in [0.1, 0.15) is 32.3 Å². The van der Waals surface area contributed by atoms with Gasteiger partial charge < -0.3 is 4.90 Å². The Morgan fingerprint density at radius 2 is 1.75 bits per heavy atom. The highest BCUT2D eigenvalue weighted by atomic mass is 32.2. The number of piperidine rings is 1. The van der Waals surface area contributed by atoms with E-state index >= 15 is 0 Å². The number of hydrogen-bond acceptors (Lipinski definition) is 4. The maximum absolute atomic E-state index is 13.4. The van der Waals surface area contributed by atoms with Crippen LogP contribution in [0.4, 0.5) is 10.1 Å². The number of likely N-dealkylation sites (N-methyl/N-ethyl adjacent to an activating group) is 1. The fourth-order valence-corrected chi connectivity index (χ4v) is 6.22. The van der Waals surface area contributed by atoms with E-state index in [0.717, 1.165) is 5.56 Å². The average molecular weight is 462 g/mol. The first-order chi connectivity index (χ1) is 15.1. The molecule has 6 nitrogen and oxygen atoms in total. The molecule has 3 rings (SSSR count). The summed E-state index contributed by atoms with van der Waals surface area (Å²) >= 11 is 0. The van der Waals surface area contributed by atoms with Crippen LogP contribution in [0.5, 0.6) is 0 Å². The number of sulfonamides is 1. The summed E-state index contributed by atoms with van der Waals surface area (Å²) in [6.07, 6.45) is 1.33. The molecule has 0 N–H and O–H groups in total. The van der Waals surface area contributed by atoms with Gasteiger partial charge in [0, 0.05) is 37.9 Å². The standard InChI is InChI=1S/C24H32FN3O3S/c1-18(2)28(32(30,31)23-7-5-6-19(3)16-23)22-12-14-27(15-13-22)17-24(29)26(4)21-10-8-20(25)9-11-21/h5-11,16,18,22H,12-15,17H2,1-4H3. The van der Waals surface area contributed by atoms with Gasteiger partial charge in [0.05, 0.1) is 11.4 Å². The van der Waals surface area contributed by atoms with Gasteiger partial charge in [0.25, 0.3) is 0 Å². The Labute approximate surface area is 190 Å². The zero-order valence-electron chi connectivity index (χ0n) is 19.2. The van der Waals surface area contributed by atoms with Crippen LogP contribution >= 0.6 is 0 Å². The van der Waals surface area contributed by atoms with E-state index in [0.29, 0.717) is 36.5 Å². The molecule has 0 aromatic heterocycles. The summed E-state index contributed by atoms with van der Waals surface area (Å²) in [7, 11) is -1.93. The molecule has 1 fully saturated rings. The van der Waals surface area contributed by atoms with Gasteiger partial charge in [-0.1, -0.05) is 12.1 Å². The Balaban J connectivity index is 1.64. The number of carbonyl (C=O) groups is 1. The molecule has 0 unspecified atom stereocenters. The molecule has 1 aliphatic rings. The molecule has 1 heterocycles. The molecular formula is C24H32FN3O3S. The van der Waals surface area contributed by atoms with Gasteiger partial charge in [0.2, 0.25) is 15.9 Å². The van der Waals surface area contributed by atoms with Crippen molar-refractivity contribution in [1.29, 1.82) is 0 Å². The molecule has 1 aliphatic heterocycles. The van der Waals surface area contributed by atoms with Gasteiger partial charge in [-0.3, -0.25) is 9.69 Å². The first-order valence-electron chi connectivity index (χ1n) is 10.9. The molecular weight excluding hydrogens is 429 g/mol. The maximum Gasteiger partial charge on any atom is 0.243 e. The summed E-state index contributed by atoms with van der Waals surface area (Å²) in [6.45, 7) is 7.21. The van der Waals surface area contributed by atoms with E-state index in [1.807, 2.05) is 26.8 Å². The van der Waals surface area contributed by atoms with Gasteiger partial charge in [-0.15, -0.1) is 0 Å². The average Bonchev–Trinajstić information content (AvgIpc) is 2.74. The highest BCUT2D eigenvalue weighted by Gasteiger charge is 2.36. The van der Waals surface area contributed by atoms with Crippen molar-refractivity contribution in [1.82, 2.24) is 9.21 Å². The van der Waals surface area contributed by atoms with Gasteiger partial charge in [0.15, 0.2) is 0 Å². The van der Waals surface area contributed by atoms with Gasteiger partial charge >= 0.3 is 0 Å². The third-order valence-corrected chi connectivity index (χ3v) is 8.06. The molecule has 0 atom stereocenters. The summed E-state index contributed by atoms with van der Waals surface area (Å²) in [5.41, 5.74) is 1.55. The lowest BCUT2D eigenvalue weighted by Crippen LogP contribution is -2.51. The van der Waals surface area contributed by atoms with Crippen LogP contribution in [0.2, 0.25) is 0 Å². The Kier molecular flexibility index (Phi) is 7.69. The second kappa shape index (κ2) is 10.1. The van der Waals surface area contributed by atoms with Crippen LogP contribution in [0.3, 0.4) is 0 Å². The van der Waals surface area contributed by atoms with E-state index in [1.165, 1.54) is 17.0 Å². The lowest BCUT2D eigenvalue weighted by atomic mass is 10.0. The normalized spacial score (nSPS) is 16.0. The van der Waals surface area contributed by atoms with Gasteiger partial charge in [-0.2, -0.15) is 4.31 Å². The van der Waals surface area contributed by atoms with Crippen LogP contribution in [0.15, 0.2) is 53.4 Å².